The summed E-state index contributed by atoms with van der Waals surface area (Å²) in [5.41, 5.74) is 4.27. The lowest BCUT2D eigenvalue weighted by atomic mass is 9.86. The molecule has 0 atom stereocenters. The normalized spacial score (nSPS) is 14.3. The second kappa shape index (κ2) is 11.5. The molecule has 4 aromatic rings. The van der Waals surface area contributed by atoms with E-state index in [1.165, 1.54) is 27.5 Å². The van der Waals surface area contributed by atoms with Gasteiger partial charge in [0.05, 0.1) is 27.9 Å². The van der Waals surface area contributed by atoms with Crippen LogP contribution in [-0.4, -0.2) is 34.1 Å². The number of fused-ring (bicyclic) bond motifs is 2. The summed E-state index contributed by atoms with van der Waals surface area (Å²) in [4.78, 5) is 54.9. The second-order valence-electron chi connectivity index (χ2n) is 13.0. The molecule has 0 N–H and O–H groups in total. The molecule has 0 fully saturated rings. The van der Waals surface area contributed by atoms with Crippen LogP contribution in [0.2, 0.25) is 0 Å². The molecule has 2 heterocycles. The lowest BCUT2D eigenvalue weighted by Gasteiger charge is -2.29. The monoisotopic (exact) mass is 602 g/mol. The van der Waals surface area contributed by atoms with Gasteiger partial charge in [-0.25, -0.2) is 4.90 Å². The third-order valence-corrected chi connectivity index (χ3v) is 7.83. The highest BCUT2D eigenvalue weighted by molar-refractivity contribution is 6.34. The summed E-state index contributed by atoms with van der Waals surface area (Å²) in [5, 5.41) is 0. The lowest BCUT2D eigenvalue weighted by molar-refractivity contribution is 0.0507. The van der Waals surface area contributed by atoms with Gasteiger partial charge in [-0.3, -0.25) is 24.1 Å². The first-order chi connectivity index (χ1) is 21.2. The van der Waals surface area contributed by atoms with Crippen molar-refractivity contribution in [2.45, 2.75) is 66.3 Å². The number of ether oxygens (including phenoxy) is 1. The van der Waals surface area contributed by atoms with E-state index in [2.05, 4.69) is 45.0 Å². The van der Waals surface area contributed by atoms with Crippen LogP contribution < -0.4 is 9.64 Å². The van der Waals surface area contributed by atoms with E-state index >= 15 is 0 Å². The van der Waals surface area contributed by atoms with Crippen LogP contribution in [0.25, 0.3) is 11.1 Å². The van der Waals surface area contributed by atoms with E-state index in [1.807, 2.05) is 26.0 Å². The fraction of sp³-hybridized carbons (Fsp3) is 0.263. The fourth-order valence-electron chi connectivity index (χ4n) is 5.51. The Morgan fingerprint density at radius 1 is 0.511 bits per heavy atom. The third kappa shape index (κ3) is 5.66. The van der Waals surface area contributed by atoms with E-state index < -0.39 is 17.4 Å². The number of rotatable bonds is 4. The molecule has 2 aliphatic rings. The highest BCUT2D eigenvalue weighted by atomic mass is 16.5. The second-order valence-corrected chi connectivity index (χ2v) is 13.0. The number of hydrogen-bond acceptors (Lipinski definition) is 5. The number of nitrogens with zero attached hydrogens (tertiary/aromatic N) is 2. The average Bonchev–Trinajstić information content (AvgIpc) is 3.41. The SMILES string of the molecule is CC.CC(C)(C)c1ccc(-c2ccc(N3C(=O)c4ccc(Oc5ccc6c(c5)C(=O)N(C(C)(C)C)C6=O)cc4C3=O)cc2)cc1. The Morgan fingerprint density at radius 3 is 1.42 bits per heavy atom. The summed E-state index contributed by atoms with van der Waals surface area (Å²) >= 11 is 0. The molecule has 0 aliphatic carbocycles. The molecule has 4 amide bonds. The maximum Gasteiger partial charge on any atom is 0.266 e. The summed E-state index contributed by atoms with van der Waals surface area (Å²) < 4.78 is 5.99. The zero-order chi connectivity index (χ0) is 32.8. The van der Waals surface area contributed by atoms with Gasteiger partial charge in [-0.2, -0.15) is 0 Å². The fourth-order valence-corrected chi connectivity index (χ4v) is 5.51. The van der Waals surface area contributed by atoms with Gasteiger partial charge in [0.15, 0.2) is 0 Å². The van der Waals surface area contributed by atoms with Gasteiger partial charge in [0.2, 0.25) is 0 Å². The largest absolute Gasteiger partial charge is 0.457 e. The number of benzene rings is 4. The van der Waals surface area contributed by atoms with Crippen molar-refractivity contribution in [3.05, 3.63) is 113 Å². The van der Waals surface area contributed by atoms with Crippen molar-refractivity contribution in [1.82, 2.24) is 4.90 Å². The Morgan fingerprint density at radius 2 is 0.933 bits per heavy atom. The molecular weight excluding hydrogens is 564 g/mol. The summed E-state index contributed by atoms with van der Waals surface area (Å²) in [7, 11) is 0. The molecule has 0 saturated heterocycles. The van der Waals surface area contributed by atoms with E-state index in [1.54, 1.807) is 57.2 Å². The van der Waals surface area contributed by atoms with Crippen LogP contribution in [0.5, 0.6) is 11.5 Å². The Labute approximate surface area is 264 Å². The summed E-state index contributed by atoms with van der Waals surface area (Å²) in [5.74, 6) is -0.889. The maximum absolute atomic E-state index is 13.4. The standard InChI is InChI=1S/C36H32N2O5.C2H6/c1-35(2,3)23-11-7-21(8-12-23)22-9-13-24(14-10-22)37-31(39)27-17-15-25(19-29(27)32(37)40)43-26-16-18-28-30(20-26)34(42)38(33(28)41)36(4,5)6;1-2/h7-20H,1-6H3;1-2H3. The molecule has 2 aliphatic heterocycles. The van der Waals surface area contributed by atoms with Gasteiger partial charge in [0.25, 0.3) is 23.6 Å². The van der Waals surface area contributed by atoms with E-state index in [0.717, 1.165) is 11.1 Å². The first-order valence-electron chi connectivity index (χ1n) is 15.2. The summed E-state index contributed by atoms with van der Waals surface area (Å²) in [6.07, 6.45) is 0. The van der Waals surface area contributed by atoms with Crippen LogP contribution in [0.15, 0.2) is 84.9 Å². The molecule has 230 valence electrons. The molecule has 0 spiro atoms. The van der Waals surface area contributed by atoms with Gasteiger partial charge in [-0.15, -0.1) is 0 Å². The van der Waals surface area contributed by atoms with Crippen LogP contribution in [0, 0.1) is 0 Å². The highest BCUT2D eigenvalue weighted by Crippen LogP contribution is 2.36. The van der Waals surface area contributed by atoms with E-state index in [0.29, 0.717) is 22.7 Å². The van der Waals surface area contributed by atoms with Gasteiger partial charge in [0, 0.05) is 5.54 Å². The van der Waals surface area contributed by atoms with Crippen molar-refractivity contribution < 1.29 is 23.9 Å². The Kier molecular flexibility index (Phi) is 8.00. The molecule has 6 rings (SSSR count). The van der Waals surface area contributed by atoms with Crippen LogP contribution in [0.1, 0.15) is 102 Å². The minimum absolute atomic E-state index is 0.0629. The number of carbonyl (C=O) groups excluding carboxylic acids is 4. The maximum atomic E-state index is 13.4. The number of imide groups is 2. The van der Waals surface area contributed by atoms with Crippen LogP contribution in [0.3, 0.4) is 0 Å². The molecule has 7 heteroatoms. The minimum atomic E-state index is -0.662. The molecule has 0 aromatic heterocycles. The Hall–Kier alpha value is -5.04. The van der Waals surface area contributed by atoms with Gasteiger partial charge in [0.1, 0.15) is 11.5 Å². The first-order valence-corrected chi connectivity index (χ1v) is 15.2. The molecule has 45 heavy (non-hydrogen) atoms. The van der Waals surface area contributed by atoms with Crippen molar-refractivity contribution in [2.24, 2.45) is 0 Å². The zero-order valence-electron chi connectivity index (χ0n) is 27.0. The quantitative estimate of drug-likeness (QED) is 0.218. The molecule has 7 nitrogen and oxygen atoms in total. The van der Waals surface area contributed by atoms with Crippen molar-refractivity contribution >= 4 is 29.3 Å². The van der Waals surface area contributed by atoms with Gasteiger partial charge in [-0.1, -0.05) is 71.0 Å². The molecule has 0 saturated carbocycles. The van der Waals surface area contributed by atoms with Crippen molar-refractivity contribution in [3.63, 3.8) is 0 Å². The lowest BCUT2D eigenvalue weighted by Crippen LogP contribution is -2.45. The van der Waals surface area contributed by atoms with Crippen molar-refractivity contribution in [3.8, 4) is 22.6 Å². The van der Waals surface area contributed by atoms with Gasteiger partial charge in [-0.05, 0) is 91.4 Å². The third-order valence-electron chi connectivity index (χ3n) is 7.83. The van der Waals surface area contributed by atoms with Gasteiger partial charge >= 0.3 is 0 Å². The molecule has 0 unspecified atom stereocenters. The van der Waals surface area contributed by atoms with Gasteiger partial charge < -0.3 is 4.74 Å². The molecule has 0 radical (unpaired) electrons. The predicted molar refractivity (Wildman–Crippen MR) is 176 cm³/mol. The zero-order valence-corrected chi connectivity index (χ0v) is 27.0. The molecule has 4 aromatic carbocycles. The summed E-state index contributed by atoms with van der Waals surface area (Å²) in [6.45, 7) is 15.9. The van der Waals surface area contributed by atoms with E-state index in [-0.39, 0.29) is 33.9 Å². The topological polar surface area (TPSA) is 84.0 Å². The Balaban J connectivity index is 0.00000196. The predicted octanol–water partition coefficient (Wildman–Crippen LogP) is 8.66. The van der Waals surface area contributed by atoms with Crippen LogP contribution in [0.4, 0.5) is 5.69 Å². The number of anilines is 1. The van der Waals surface area contributed by atoms with Crippen LogP contribution in [-0.2, 0) is 5.41 Å². The van der Waals surface area contributed by atoms with Crippen molar-refractivity contribution in [2.75, 3.05) is 4.90 Å². The number of amides is 4. The molecule has 0 bridgehead atoms. The van der Waals surface area contributed by atoms with Crippen molar-refractivity contribution in [1.29, 1.82) is 0 Å². The smallest absolute Gasteiger partial charge is 0.266 e. The Bertz CT molecular complexity index is 1820. The van der Waals surface area contributed by atoms with E-state index in [4.69, 9.17) is 4.74 Å². The molecular formula is C38H38N2O5. The number of hydrogen-bond donors (Lipinski definition) is 0. The first kappa shape index (κ1) is 31.4. The van der Waals surface area contributed by atoms with E-state index in [9.17, 15) is 19.2 Å². The van der Waals surface area contributed by atoms with Crippen LogP contribution >= 0.6 is 0 Å². The highest BCUT2D eigenvalue weighted by Gasteiger charge is 2.42. The summed E-state index contributed by atoms with van der Waals surface area (Å²) in [6, 6.07) is 25.2. The minimum Gasteiger partial charge on any atom is -0.457 e. The average molecular weight is 603 g/mol. The number of carbonyl (C=O) groups is 4.